The Hall–Kier alpha value is -2.18. The molecule has 1 aromatic carbocycles. The van der Waals surface area contributed by atoms with Crippen LogP contribution in [0.15, 0.2) is 35.7 Å². The molecule has 0 saturated heterocycles. The highest BCUT2D eigenvalue weighted by atomic mass is 32.1. The monoisotopic (exact) mass is 346 g/mol. The van der Waals surface area contributed by atoms with Crippen LogP contribution in [0.4, 0.5) is 5.69 Å². The summed E-state index contributed by atoms with van der Waals surface area (Å²) in [4.78, 5) is 26.5. The summed E-state index contributed by atoms with van der Waals surface area (Å²) in [5.41, 5.74) is 2.46. The highest BCUT2D eigenvalue weighted by Crippen LogP contribution is 2.13. The summed E-state index contributed by atoms with van der Waals surface area (Å²) in [5, 5.41) is 7.69. The van der Waals surface area contributed by atoms with Gasteiger partial charge in [-0.25, -0.2) is 0 Å². The third-order valence-electron chi connectivity index (χ3n) is 3.64. The molecule has 1 unspecified atom stereocenters. The predicted molar refractivity (Wildman–Crippen MR) is 97.6 cm³/mol. The lowest BCUT2D eigenvalue weighted by Crippen LogP contribution is -3.08. The number of hydrogen-bond acceptors (Lipinski definition) is 3. The number of anilines is 1. The Labute approximate surface area is 146 Å². The van der Waals surface area contributed by atoms with E-state index in [0.717, 1.165) is 11.4 Å². The molecule has 1 aromatic heterocycles. The number of carbonyl (C=O) groups is 2. The molecule has 0 radical (unpaired) electrons. The van der Waals surface area contributed by atoms with Gasteiger partial charge in [0.2, 0.25) is 0 Å². The molecule has 2 rings (SSSR count). The molecule has 2 aromatic rings. The molecule has 0 aliphatic carbocycles. The van der Waals surface area contributed by atoms with Gasteiger partial charge in [0, 0.05) is 17.8 Å². The summed E-state index contributed by atoms with van der Waals surface area (Å²) in [6.07, 6.45) is 0. The molecule has 3 N–H and O–H groups in total. The first-order valence-electron chi connectivity index (χ1n) is 8.02. The van der Waals surface area contributed by atoms with Gasteiger partial charge in [0.15, 0.2) is 6.54 Å². The topological polar surface area (TPSA) is 62.6 Å². The van der Waals surface area contributed by atoms with Gasteiger partial charge in [-0.1, -0.05) is 6.07 Å². The van der Waals surface area contributed by atoms with E-state index >= 15 is 0 Å². The van der Waals surface area contributed by atoms with E-state index in [9.17, 15) is 9.59 Å². The maximum absolute atomic E-state index is 12.2. The molecule has 0 bridgehead atoms. The molecule has 128 valence electrons. The minimum atomic E-state index is -0.135. The molecule has 0 aliphatic rings. The van der Waals surface area contributed by atoms with Crippen LogP contribution in [0.3, 0.4) is 0 Å². The lowest BCUT2D eigenvalue weighted by Gasteiger charge is -2.14. The minimum absolute atomic E-state index is 0.0604. The lowest BCUT2D eigenvalue weighted by atomic mass is 10.2. The van der Waals surface area contributed by atoms with Gasteiger partial charge in [0.1, 0.15) is 6.54 Å². The van der Waals surface area contributed by atoms with Gasteiger partial charge in [0.05, 0.1) is 11.9 Å². The molecule has 2 amide bonds. The van der Waals surface area contributed by atoms with E-state index in [0.29, 0.717) is 24.3 Å². The van der Waals surface area contributed by atoms with Crippen molar-refractivity contribution >= 4 is 28.8 Å². The zero-order valence-electron chi connectivity index (χ0n) is 14.3. The summed E-state index contributed by atoms with van der Waals surface area (Å²) in [7, 11) is 2.00. The molecule has 5 nitrogen and oxygen atoms in total. The van der Waals surface area contributed by atoms with Crippen LogP contribution in [0, 0.1) is 6.92 Å². The molecule has 0 spiro atoms. The van der Waals surface area contributed by atoms with Crippen molar-refractivity contribution in [2.75, 3.05) is 25.5 Å². The van der Waals surface area contributed by atoms with Gasteiger partial charge >= 0.3 is 0 Å². The van der Waals surface area contributed by atoms with Gasteiger partial charge < -0.3 is 15.5 Å². The van der Waals surface area contributed by atoms with Crippen molar-refractivity contribution in [2.45, 2.75) is 20.4 Å². The molecule has 1 heterocycles. The molecule has 24 heavy (non-hydrogen) atoms. The van der Waals surface area contributed by atoms with Crippen LogP contribution >= 0.6 is 11.3 Å². The Morgan fingerprint density at radius 2 is 2.04 bits per heavy atom. The molecule has 0 aliphatic heterocycles. The largest absolute Gasteiger partial charge is 0.352 e. The number of rotatable bonds is 7. The van der Waals surface area contributed by atoms with Gasteiger partial charge in [-0.15, -0.1) is 11.3 Å². The summed E-state index contributed by atoms with van der Waals surface area (Å²) in [5.74, 6) is -0.195. The van der Waals surface area contributed by atoms with Crippen LogP contribution in [0.1, 0.15) is 27.7 Å². The second kappa shape index (κ2) is 8.61. The van der Waals surface area contributed by atoms with Gasteiger partial charge in [-0.3, -0.25) is 9.59 Å². The van der Waals surface area contributed by atoms with Crippen molar-refractivity contribution in [1.29, 1.82) is 0 Å². The normalized spacial score (nSPS) is 11.8. The Balaban J connectivity index is 1.91. The van der Waals surface area contributed by atoms with Crippen LogP contribution in [0.25, 0.3) is 0 Å². The average Bonchev–Trinajstić information content (AvgIpc) is 2.92. The number of quaternary nitrogens is 1. The van der Waals surface area contributed by atoms with Crippen LogP contribution in [-0.2, 0) is 11.3 Å². The van der Waals surface area contributed by atoms with Gasteiger partial charge in [0.25, 0.3) is 11.8 Å². The second-order valence-electron chi connectivity index (χ2n) is 5.83. The van der Waals surface area contributed by atoms with Crippen LogP contribution in [0.2, 0.25) is 0 Å². The van der Waals surface area contributed by atoms with Crippen molar-refractivity contribution in [2.24, 2.45) is 0 Å². The molecular formula is C18H24N3O2S+. The number of amides is 2. The number of nitrogens with one attached hydrogen (secondary N) is 3. The van der Waals surface area contributed by atoms with E-state index in [1.807, 2.05) is 14.0 Å². The first kappa shape index (κ1) is 18.2. The molecule has 6 heteroatoms. The molecule has 0 fully saturated rings. The van der Waals surface area contributed by atoms with E-state index in [-0.39, 0.29) is 11.8 Å². The zero-order chi connectivity index (χ0) is 17.5. The van der Waals surface area contributed by atoms with Crippen molar-refractivity contribution < 1.29 is 14.5 Å². The van der Waals surface area contributed by atoms with Crippen molar-refractivity contribution in [3.05, 3.63) is 51.7 Å². The van der Waals surface area contributed by atoms with E-state index in [4.69, 9.17) is 0 Å². The first-order valence-corrected chi connectivity index (χ1v) is 8.90. The molecule has 0 saturated carbocycles. The van der Waals surface area contributed by atoms with Gasteiger partial charge in [-0.05, 0) is 49.1 Å². The number of thiophene rings is 1. The smallest absolute Gasteiger partial charge is 0.279 e. The minimum Gasteiger partial charge on any atom is -0.352 e. The summed E-state index contributed by atoms with van der Waals surface area (Å²) in [6, 6.07) is 9.09. The van der Waals surface area contributed by atoms with Crippen molar-refractivity contribution in [3.63, 3.8) is 0 Å². The summed E-state index contributed by atoms with van der Waals surface area (Å²) >= 11 is 1.72. The predicted octanol–water partition coefficient (Wildman–Crippen LogP) is 1.46. The number of carbonyl (C=O) groups excluding carboxylic acids is 2. The zero-order valence-corrected chi connectivity index (χ0v) is 15.1. The second-order valence-corrected chi connectivity index (χ2v) is 6.83. The Morgan fingerprint density at radius 1 is 1.25 bits per heavy atom. The molecule has 1 atom stereocenters. The number of benzene rings is 1. The Kier molecular flexibility index (Phi) is 6.52. The van der Waals surface area contributed by atoms with E-state index in [2.05, 4.69) is 29.0 Å². The van der Waals surface area contributed by atoms with Crippen molar-refractivity contribution in [3.8, 4) is 0 Å². The fraction of sp³-hybridized carbons (Fsp3) is 0.333. The third-order valence-corrected chi connectivity index (χ3v) is 4.66. The first-order chi connectivity index (χ1) is 11.5. The Morgan fingerprint density at radius 3 is 2.71 bits per heavy atom. The highest BCUT2D eigenvalue weighted by molar-refractivity contribution is 7.10. The van der Waals surface area contributed by atoms with Crippen LogP contribution < -0.4 is 15.5 Å². The number of hydrogen-bond donors (Lipinski definition) is 3. The van der Waals surface area contributed by atoms with E-state index < -0.39 is 0 Å². The quantitative estimate of drug-likeness (QED) is 0.711. The number of likely N-dealkylation sites (N-methyl/N-ethyl adjacent to an activating group) is 1. The third kappa shape index (κ3) is 5.18. The number of aryl methyl sites for hydroxylation is 1. The standard InChI is InChI=1S/C18H23N3O2S/c1-4-19-18(23)14-6-5-7-15(10-14)20-17(22)12-21(3)11-16-13(2)8-9-24-16/h5-10H,4,11-12H2,1-3H3,(H,19,23)(H,20,22)/p+1. The van der Waals surface area contributed by atoms with Crippen molar-refractivity contribution in [1.82, 2.24) is 5.32 Å². The fourth-order valence-corrected chi connectivity index (χ4v) is 3.42. The fourth-order valence-electron chi connectivity index (χ4n) is 2.40. The van der Waals surface area contributed by atoms with E-state index in [1.54, 1.807) is 35.6 Å². The SMILES string of the molecule is CCNC(=O)c1cccc(NC(=O)C[NH+](C)Cc2sccc2C)c1. The maximum atomic E-state index is 12.2. The molecular weight excluding hydrogens is 322 g/mol. The maximum Gasteiger partial charge on any atom is 0.279 e. The van der Waals surface area contributed by atoms with Crippen LogP contribution in [-0.4, -0.2) is 32.0 Å². The summed E-state index contributed by atoms with van der Waals surface area (Å²) < 4.78 is 0. The van der Waals surface area contributed by atoms with E-state index in [1.165, 1.54) is 10.4 Å². The summed E-state index contributed by atoms with van der Waals surface area (Å²) in [6.45, 7) is 5.74. The van der Waals surface area contributed by atoms with Crippen LogP contribution in [0.5, 0.6) is 0 Å². The highest BCUT2D eigenvalue weighted by Gasteiger charge is 2.13. The van der Waals surface area contributed by atoms with Gasteiger partial charge in [-0.2, -0.15) is 0 Å². The average molecular weight is 346 g/mol. The Bertz CT molecular complexity index is 712. The lowest BCUT2D eigenvalue weighted by molar-refractivity contribution is -0.884.